The first-order chi connectivity index (χ1) is 8.86. The van der Waals surface area contributed by atoms with Crippen LogP contribution in [0.2, 0.25) is 0 Å². The van der Waals surface area contributed by atoms with E-state index in [9.17, 15) is 19.5 Å². The maximum Gasteiger partial charge on any atom is 0.322 e. The minimum absolute atomic E-state index is 0.0520. The number of rotatable bonds is 8. The van der Waals surface area contributed by atoms with E-state index in [0.29, 0.717) is 0 Å². The molecule has 0 aliphatic heterocycles. The molecule has 0 aromatic rings. The van der Waals surface area contributed by atoms with Crippen molar-refractivity contribution in [2.24, 2.45) is 0 Å². The van der Waals surface area contributed by atoms with Crippen molar-refractivity contribution in [3.8, 4) is 0 Å². The highest BCUT2D eigenvalue weighted by molar-refractivity contribution is 5.86. The van der Waals surface area contributed by atoms with Gasteiger partial charge in [0, 0.05) is 14.2 Å². The van der Waals surface area contributed by atoms with Gasteiger partial charge in [-0.15, -0.1) is 0 Å². The summed E-state index contributed by atoms with van der Waals surface area (Å²) >= 11 is 0. The van der Waals surface area contributed by atoms with Crippen LogP contribution in [0.1, 0.15) is 0 Å². The summed E-state index contributed by atoms with van der Waals surface area (Å²) < 4.78 is 4.71. The summed E-state index contributed by atoms with van der Waals surface area (Å²) in [6, 6.07) is -0.555. The predicted octanol–water partition coefficient (Wildman–Crippen LogP) is -2.16. The topological polar surface area (TPSA) is 128 Å². The van der Waals surface area contributed by atoms with Gasteiger partial charge in [-0.3, -0.25) is 9.59 Å². The molecule has 19 heavy (non-hydrogen) atoms. The Morgan fingerprint density at radius 1 is 1.26 bits per heavy atom. The van der Waals surface area contributed by atoms with E-state index in [1.165, 1.54) is 19.1 Å². The standard InChI is InChI=1S/C10H19N3O6/c1-13(5-7(14)6-19-2)10(18)12-3-8(15)11-4-9(16)17/h7,14H,3-6H2,1-2H3,(H,11,15)(H,12,18)(H,16,17). The van der Waals surface area contributed by atoms with Crippen molar-refractivity contribution in [1.29, 1.82) is 0 Å². The van der Waals surface area contributed by atoms with Crippen molar-refractivity contribution in [2.45, 2.75) is 6.10 Å². The molecule has 110 valence electrons. The molecule has 0 bridgehead atoms. The number of urea groups is 1. The molecular formula is C10H19N3O6. The van der Waals surface area contributed by atoms with Crippen molar-refractivity contribution in [3.05, 3.63) is 0 Å². The number of carboxylic acids is 1. The lowest BCUT2D eigenvalue weighted by Crippen LogP contribution is -2.46. The normalized spacial score (nSPS) is 11.5. The van der Waals surface area contributed by atoms with Crippen molar-refractivity contribution in [3.63, 3.8) is 0 Å². The van der Waals surface area contributed by atoms with Gasteiger partial charge in [0.2, 0.25) is 5.91 Å². The number of methoxy groups -OCH3 is 1. The van der Waals surface area contributed by atoms with Crippen LogP contribution >= 0.6 is 0 Å². The van der Waals surface area contributed by atoms with Crippen molar-refractivity contribution in [1.82, 2.24) is 15.5 Å². The highest BCUT2D eigenvalue weighted by Crippen LogP contribution is 1.90. The summed E-state index contributed by atoms with van der Waals surface area (Å²) in [6.45, 7) is -0.693. The molecule has 0 aromatic heterocycles. The highest BCUT2D eigenvalue weighted by atomic mass is 16.5. The molecular weight excluding hydrogens is 258 g/mol. The molecule has 0 spiro atoms. The number of likely N-dealkylation sites (N-methyl/N-ethyl adjacent to an activating group) is 1. The number of hydrogen-bond donors (Lipinski definition) is 4. The number of nitrogens with one attached hydrogen (secondary N) is 2. The van der Waals surface area contributed by atoms with Crippen LogP contribution in [0.25, 0.3) is 0 Å². The van der Waals surface area contributed by atoms with Gasteiger partial charge in [-0.2, -0.15) is 0 Å². The zero-order chi connectivity index (χ0) is 14.8. The van der Waals surface area contributed by atoms with Gasteiger partial charge in [0.25, 0.3) is 0 Å². The summed E-state index contributed by atoms with van der Waals surface area (Å²) in [6.07, 6.45) is -0.818. The Balaban J connectivity index is 3.89. The van der Waals surface area contributed by atoms with Gasteiger partial charge in [-0.05, 0) is 0 Å². The Bertz CT molecular complexity index is 322. The van der Waals surface area contributed by atoms with E-state index in [2.05, 4.69) is 10.6 Å². The molecule has 9 nitrogen and oxygen atoms in total. The number of nitrogens with zero attached hydrogens (tertiary/aromatic N) is 1. The van der Waals surface area contributed by atoms with Crippen molar-refractivity contribution < 1.29 is 29.3 Å². The summed E-state index contributed by atoms with van der Waals surface area (Å²) in [5.74, 6) is -1.78. The number of aliphatic carboxylic acids is 1. The molecule has 0 fully saturated rings. The number of carbonyl (C=O) groups excluding carboxylic acids is 2. The third-order valence-electron chi connectivity index (χ3n) is 2.03. The Hall–Kier alpha value is -1.87. The van der Waals surface area contributed by atoms with E-state index in [1.807, 2.05) is 0 Å². The first kappa shape index (κ1) is 17.1. The zero-order valence-electron chi connectivity index (χ0n) is 10.9. The molecule has 1 atom stereocenters. The third-order valence-corrected chi connectivity index (χ3v) is 2.03. The molecule has 1 unspecified atom stereocenters. The molecule has 0 heterocycles. The van der Waals surface area contributed by atoms with E-state index in [-0.39, 0.29) is 19.7 Å². The summed E-state index contributed by atoms with van der Waals surface area (Å²) in [4.78, 5) is 34.0. The Labute approximate surface area is 110 Å². The number of hydrogen-bond acceptors (Lipinski definition) is 5. The summed E-state index contributed by atoms with van der Waals surface area (Å²) in [5, 5.41) is 22.1. The van der Waals surface area contributed by atoms with Gasteiger partial charge >= 0.3 is 12.0 Å². The van der Waals surface area contributed by atoms with Gasteiger partial charge in [-0.1, -0.05) is 0 Å². The fourth-order valence-electron chi connectivity index (χ4n) is 1.17. The lowest BCUT2D eigenvalue weighted by molar-refractivity contribution is -0.137. The predicted molar refractivity (Wildman–Crippen MR) is 64.6 cm³/mol. The molecule has 0 aromatic carbocycles. The smallest absolute Gasteiger partial charge is 0.322 e. The van der Waals surface area contributed by atoms with Crippen molar-refractivity contribution >= 4 is 17.9 Å². The second kappa shape index (κ2) is 9.11. The number of carbonyl (C=O) groups is 3. The Kier molecular flexibility index (Phi) is 8.22. The van der Waals surface area contributed by atoms with Gasteiger partial charge in [0.15, 0.2) is 0 Å². The third kappa shape index (κ3) is 8.80. The average molecular weight is 277 g/mol. The SMILES string of the molecule is COCC(O)CN(C)C(=O)NCC(=O)NCC(=O)O. The quantitative estimate of drug-likeness (QED) is 0.400. The number of carboxylic acid groups (broad SMARTS) is 1. The van der Waals surface area contributed by atoms with Crippen LogP contribution in [0.15, 0.2) is 0 Å². The fourth-order valence-corrected chi connectivity index (χ4v) is 1.17. The van der Waals surface area contributed by atoms with E-state index in [4.69, 9.17) is 9.84 Å². The first-order valence-electron chi connectivity index (χ1n) is 5.51. The summed E-state index contributed by atoms with van der Waals surface area (Å²) in [5.41, 5.74) is 0. The van der Waals surface area contributed by atoms with Crippen LogP contribution in [0, 0.1) is 0 Å². The van der Waals surface area contributed by atoms with Gasteiger partial charge in [0.1, 0.15) is 6.54 Å². The molecule has 9 heteroatoms. The fraction of sp³-hybridized carbons (Fsp3) is 0.700. The molecule has 0 rings (SSSR count). The second-order valence-corrected chi connectivity index (χ2v) is 3.82. The van der Waals surface area contributed by atoms with E-state index < -0.39 is 30.6 Å². The number of aliphatic hydroxyl groups excluding tert-OH is 1. The lowest BCUT2D eigenvalue weighted by Gasteiger charge is -2.20. The largest absolute Gasteiger partial charge is 0.480 e. The summed E-state index contributed by atoms with van der Waals surface area (Å²) in [7, 11) is 2.87. The number of ether oxygens (including phenoxy) is 1. The Morgan fingerprint density at radius 2 is 1.89 bits per heavy atom. The van der Waals surface area contributed by atoms with Crippen LogP contribution in [0.3, 0.4) is 0 Å². The monoisotopic (exact) mass is 277 g/mol. The molecule has 0 saturated heterocycles. The Morgan fingerprint density at radius 3 is 2.42 bits per heavy atom. The lowest BCUT2D eigenvalue weighted by atomic mass is 10.3. The molecule has 3 amide bonds. The van der Waals surface area contributed by atoms with Gasteiger partial charge in [0.05, 0.1) is 25.8 Å². The van der Waals surface area contributed by atoms with Crippen LogP contribution in [0.4, 0.5) is 4.79 Å². The van der Waals surface area contributed by atoms with E-state index >= 15 is 0 Å². The molecule has 4 N–H and O–H groups in total. The van der Waals surface area contributed by atoms with Gasteiger partial charge in [-0.25, -0.2) is 4.79 Å². The highest BCUT2D eigenvalue weighted by Gasteiger charge is 2.14. The van der Waals surface area contributed by atoms with Crippen molar-refractivity contribution in [2.75, 3.05) is 40.4 Å². The maximum atomic E-state index is 11.5. The minimum atomic E-state index is -1.17. The van der Waals surface area contributed by atoms with Crippen LogP contribution < -0.4 is 10.6 Å². The van der Waals surface area contributed by atoms with Crippen LogP contribution in [-0.2, 0) is 14.3 Å². The minimum Gasteiger partial charge on any atom is -0.480 e. The average Bonchev–Trinajstić information content (AvgIpc) is 2.33. The number of aliphatic hydroxyl groups is 1. The maximum absolute atomic E-state index is 11.5. The van der Waals surface area contributed by atoms with E-state index in [1.54, 1.807) is 0 Å². The number of amides is 3. The van der Waals surface area contributed by atoms with E-state index in [0.717, 1.165) is 0 Å². The van der Waals surface area contributed by atoms with Crippen LogP contribution in [0.5, 0.6) is 0 Å². The molecule has 0 aliphatic carbocycles. The molecule has 0 radical (unpaired) electrons. The first-order valence-corrected chi connectivity index (χ1v) is 5.51. The zero-order valence-corrected chi connectivity index (χ0v) is 10.9. The molecule has 0 aliphatic rings. The van der Waals surface area contributed by atoms with Crippen LogP contribution in [-0.4, -0.2) is 79.5 Å². The van der Waals surface area contributed by atoms with Gasteiger partial charge < -0.3 is 30.5 Å². The molecule has 0 saturated carbocycles. The second-order valence-electron chi connectivity index (χ2n) is 3.82.